The Morgan fingerprint density at radius 3 is 2.60 bits per heavy atom. The minimum absolute atomic E-state index is 0. The van der Waals surface area contributed by atoms with Gasteiger partial charge < -0.3 is 21.1 Å². The molecule has 6 nitrogen and oxygen atoms in total. The predicted octanol–water partition coefficient (Wildman–Crippen LogP) is 0.310. The van der Waals surface area contributed by atoms with Crippen LogP contribution in [0.4, 0.5) is 0 Å². The van der Waals surface area contributed by atoms with E-state index >= 15 is 0 Å². The van der Waals surface area contributed by atoms with Gasteiger partial charge in [-0.1, -0.05) is 12.1 Å². The highest BCUT2D eigenvalue weighted by Crippen LogP contribution is 2.17. The average Bonchev–Trinajstić information content (AvgIpc) is 2.42. The summed E-state index contributed by atoms with van der Waals surface area (Å²) in [6.45, 7) is 2.20. The molecule has 0 radical (unpaired) electrons. The van der Waals surface area contributed by atoms with Crippen molar-refractivity contribution in [3.05, 3.63) is 29.8 Å². The van der Waals surface area contributed by atoms with Gasteiger partial charge in [0.1, 0.15) is 5.75 Å². The maximum atomic E-state index is 12.0. The van der Waals surface area contributed by atoms with Gasteiger partial charge in [-0.2, -0.15) is 0 Å². The highest BCUT2D eigenvalue weighted by atomic mass is 35.5. The lowest BCUT2D eigenvalue weighted by Crippen LogP contribution is -2.37. The van der Waals surface area contributed by atoms with Crippen molar-refractivity contribution >= 4 is 24.2 Å². The zero-order chi connectivity index (χ0) is 14.3. The van der Waals surface area contributed by atoms with E-state index in [0.717, 1.165) is 0 Å². The lowest BCUT2D eigenvalue weighted by atomic mass is 10.2. The van der Waals surface area contributed by atoms with Crippen LogP contribution < -0.4 is 21.1 Å². The van der Waals surface area contributed by atoms with Gasteiger partial charge in [0.15, 0.2) is 6.61 Å². The van der Waals surface area contributed by atoms with E-state index in [1.807, 2.05) is 14.0 Å². The van der Waals surface area contributed by atoms with Gasteiger partial charge in [-0.3, -0.25) is 9.59 Å². The molecule has 0 saturated carbocycles. The molecule has 4 N–H and O–H groups in total. The molecule has 2 amide bonds. The van der Waals surface area contributed by atoms with Crippen molar-refractivity contribution in [2.75, 3.05) is 20.2 Å². The molecule has 1 unspecified atom stereocenters. The molecule has 112 valence electrons. The Morgan fingerprint density at radius 2 is 2.00 bits per heavy atom. The number of amides is 2. The van der Waals surface area contributed by atoms with Gasteiger partial charge >= 0.3 is 0 Å². The summed E-state index contributed by atoms with van der Waals surface area (Å²) >= 11 is 0. The smallest absolute Gasteiger partial charge is 0.255 e. The molecule has 0 aliphatic rings. The summed E-state index contributed by atoms with van der Waals surface area (Å²) in [5, 5.41) is 5.80. The van der Waals surface area contributed by atoms with Crippen LogP contribution >= 0.6 is 12.4 Å². The topological polar surface area (TPSA) is 93.4 Å². The lowest BCUT2D eigenvalue weighted by molar-refractivity contribution is -0.119. The monoisotopic (exact) mass is 301 g/mol. The van der Waals surface area contributed by atoms with Gasteiger partial charge in [-0.25, -0.2) is 0 Å². The van der Waals surface area contributed by atoms with Crippen molar-refractivity contribution in [2.45, 2.75) is 13.0 Å². The van der Waals surface area contributed by atoms with E-state index in [1.165, 1.54) is 0 Å². The van der Waals surface area contributed by atoms with E-state index in [1.54, 1.807) is 24.3 Å². The number of benzene rings is 1. The van der Waals surface area contributed by atoms with E-state index < -0.39 is 5.91 Å². The number of hydrogen-bond donors (Lipinski definition) is 3. The van der Waals surface area contributed by atoms with Crippen LogP contribution in [0.2, 0.25) is 0 Å². The van der Waals surface area contributed by atoms with Gasteiger partial charge in [0.25, 0.3) is 11.8 Å². The third-order valence-electron chi connectivity index (χ3n) is 2.56. The molecule has 1 aromatic rings. The standard InChI is InChI=1S/C13H19N3O3.ClH/c1-9(15-2)7-16-13(18)10-5-3-4-6-11(10)19-8-12(14)17;/h3-6,9,15H,7-8H2,1-2H3,(H2,14,17)(H,16,18);1H. The number of carbonyl (C=O) groups excluding carboxylic acids is 2. The second kappa shape index (κ2) is 9.17. The number of rotatable bonds is 7. The molecular weight excluding hydrogens is 282 g/mol. The molecule has 0 heterocycles. The molecule has 1 atom stereocenters. The summed E-state index contributed by atoms with van der Waals surface area (Å²) in [6.07, 6.45) is 0. The maximum absolute atomic E-state index is 12.0. The first kappa shape index (κ1) is 18.2. The summed E-state index contributed by atoms with van der Waals surface area (Å²) in [4.78, 5) is 22.7. The fraction of sp³-hybridized carbons (Fsp3) is 0.385. The van der Waals surface area contributed by atoms with E-state index in [4.69, 9.17) is 10.5 Å². The van der Waals surface area contributed by atoms with E-state index in [9.17, 15) is 9.59 Å². The highest BCUT2D eigenvalue weighted by Gasteiger charge is 2.13. The zero-order valence-corrected chi connectivity index (χ0v) is 12.3. The summed E-state index contributed by atoms with van der Waals surface area (Å²) in [5.74, 6) is -0.489. The van der Waals surface area contributed by atoms with Crippen molar-refractivity contribution < 1.29 is 14.3 Å². The maximum Gasteiger partial charge on any atom is 0.255 e. The molecule has 0 fully saturated rings. The van der Waals surface area contributed by atoms with Crippen LogP contribution in [0.15, 0.2) is 24.3 Å². The summed E-state index contributed by atoms with van der Waals surface area (Å²) in [7, 11) is 1.82. The number of carbonyl (C=O) groups is 2. The van der Waals surface area contributed by atoms with Gasteiger partial charge in [0, 0.05) is 12.6 Å². The predicted molar refractivity (Wildman–Crippen MR) is 79.2 cm³/mol. The Labute approximate surface area is 124 Å². The highest BCUT2D eigenvalue weighted by molar-refractivity contribution is 5.97. The molecule has 0 aromatic heterocycles. The van der Waals surface area contributed by atoms with Crippen LogP contribution in [0.1, 0.15) is 17.3 Å². The van der Waals surface area contributed by atoms with Gasteiger partial charge in [0.05, 0.1) is 5.56 Å². The lowest BCUT2D eigenvalue weighted by Gasteiger charge is -2.13. The van der Waals surface area contributed by atoms with Crippen LogP contribution in [0.5, 0.6) is 5.75 Å². The number of hydrogen-bond acceptors (Lipinski definition) is 4. The Hall–Kier alpha value is -1.79. The number of ether oxygens (including phenoxy) is 1. The Bertz CT molecular complexity index is 454. The molecule has 7 heteroatoms. The van der Waals surface area contributed by atoms with Gasteiger partial charge in [0.2, 0.25) is 0 Å². The molecule has 0 spiro atoms. The summed E-state index contributed by atoms with van der Waals surface area (Å²) in [6, 6.07) is 6.88. The molecule has 1 aromatic carbocycles. The first-order valence-corrected chi connectivity index (χ1v) is 6.00. The third-order valence-corrected chi connectivity index (χ3v) is 2.56. The van der Waals surface area contributed by atoms with E-state index in [-0.39, 0.29) is 31.0 Å². The third kappa shape index (κ3) is 5.90. The molecule has 0 aliphatic carbocycles. The zero-order valence-electron chi connectivity index (χ0n) is 11.5. The second-order valence-electron chi connectivity index (χ2n) is 4.15. The number of primary amides is 1. The molecule has 0 saturated heterocycles. The molecule has 0 bridgehead atoms. The SMILES string of the molecule is CNC(C)CNC(=O)c1ccccc1OCC(N)=O.Cl. The quantitative estimate of drug-likeness (QED) is 0.676. The fourth-order valence-electron chi connectivity index (χ4n) is 1.37. The minimum Gasteiger partial charge on any atom is -0.483 e. The van der Waals surface area contributed by atoms with E-state index in [0.29, 0.717) is 17.9 Å². The number of halogens is 1. The molecule has 1 rings (SSSR count). The first-order chi connectivity index (χ1) is 9.04. The van der Waals surface area contributed by atoms with Crippen LogP contribution in [0.25, 0.3) is 0 Å². The Morgan fingerprint density at radius 1 is 1.35 bits per heavy atom. The number of likely N-dealkylation sites (N-methyl/N-ethyl adjacent to an activating group) is 1. The summed E-state index contributed by atoms with van der Waals surface area (Å²) in [5.41, 5.74) is 5.39. The number of nitrogens with two attached hydrogens (primary N) is 1. The van der Waals surface area contributed by atoms with Gasteiger partial charge in [-0.15, -0.1) is 12.4 Å². The normalized spacial score (nSPS) is 11.1. The average molecular weight is 302 g/mol. The molecular formula is C13H20ClN3O3. The summed E-state index contributed by atoms with van der Waals surface area (Å²) < 4.78 is 5.20. The largest absolute Gasteiger partial charge is 0.483 e. The Balaban J connectivity index is 0.00000361. The van der Waals surface area contributed by atoms with Gasteiger partial charge in [-0.05, 0) is 26.1 Å². The van der Waals surface area contributed by atoms with Crippen molar-refractivity contribution in [2.24, 2.45) is 5.73 Å². The number of nitrogens with one attached hydrogen (secondary N) is 2. The van der Waals surface area contributed by atoms with Crippen molar-refractivity contribution in [1.82, 2.24) is 10.6 Å². The van der Waals surface area contributed by atoms with Crippen molar-refractivity contribution in [3.8, 4) is 5.75 Å². The first-order valence-electron chi connectivity index (χ1n) is 6.00. The molecule has 20 heavy (non-hydrogen) atoms. The fourth-order valence-corrected chi connectivity index (χ4v) is 1.37. The van der Waals surface area contributed by atoms with Crippen LogP contribution in [-0.4, -0.2) is 38.1 Å². The van der Waals surface area contributed by atoms with Crippen LogP contribution in [-0.2, 0) is 4.79 Å². The Kier molecular flexibility index (Phi) is 8.35. The van der Waals surface area contributed by atoms with Crippen molar-refractivity contribution in [1.29, 1.82) is 0 Å². The van der Waals surface area contributed by atoms with Crippen molar-refractivity contribution in [3.63, 3.8) is 0 Å². The number of para-hydroxylation sites is 1. The van der Waals surface area contributed by atoms with Crippen LogP contribution in [0, 0.1) is 0 Å². The second-order valence-corrected chi connectivity index (χ2v) is 4.15. The minimum atomic E-state index is -0.584. The van der Waals surface area contributed by atoms with E-state index in [2.05, 4.69) is 10.6 Å². The molecule has 0 aliphatic heterocycles. The van der Waals surface area contributed by atoms with Crippen LogP contribution in [0.3, 0.4) is 0 Å².